The second-order valence-corrected chi connectivity index (χ2v) is 6.94. The zero-order valence-electron chi connectivity index (χ0n) is 14.2. The van der Waals surface area contributed by atoms with Crippen LogP contribution in [0, 0.1) is 5.82 Å². The van der Waals surface area contributed by atoms with Gasteiger partial charge >= 0.3 is 0 Å². The molecule has 1 amide bonds. The summed E-state index contributed by atoms with van der Waals surface area (Å²) in [5.41, 5.74) is 3.12. The standard InChI is InChI=1S/C22H15FN2OS/c23-16-7-5-6-15(14-16)12-13-21(26)24-18-9-2-1-8-17(18)22-25-19-10-3-4-11-20(19)27-22/h1-14H,(H,24,26)/b13-12+. The van der Waals surface area contributed by atoms with E-state index in [2.05, 4.69) is 10.3 Å². The van der Waals surface area contributed by atoms with Gasteiger partial charge in [-0.05, 0) is 48.0 Å². The molecule has 0 atom stereocenters. The minimum absolute atomic E-state index is 0.284. The Morgan fingerprint density at radius 2 is 1.81 bits per heavy atom. The third-order valence-electron chi connectivity index (χ3n) is 3.99. The Bertz CT molecular complexity index is 1120. The molecule has 0 spiro atoms. The van der Waals surface area contributed by atoms with Crippen LogP contribution in [0.1, 0.15) is 5.56 Å². The van der Waals surface area contributed by atoms with Crippen molar-refractivity contribution in [3.05, 3.63) is 90.3 Å². The van der Waals surface area contributed by atoms with E-state index >= 15 is 0 Å². The van der Waals surface area contributed by atoms with Gasteiger partial charge in [0.15, 0.2) is 0 Å². The topological polar surface area (TPSA) is 42.0 Å². The van der Waals surface area contributed by atoms with Gasteiger partial charge in [0.1, 0.15) is 10.8 Å². The van der Waals surface area contributed by atoms with Gasteiger partial charge in [0.2, 0.25) is 5.91 Å². The van der Waals surface area contributed by atoms with E-state index in [0.29, 0.717) is 11.3 Å². The molecule has 0 saturated carbocycles. The van der Waals surface area contributed by atoms with Crippen molar-refractivity contribution >= 4 is 39.2 Å². The first-order valence-electron chi connectivity index (χ1n) is 8.39. The second kappa shape index (κ2) is 7.51. The molecule has 0 fully saturated rings. The van der Waals surface area contributed by atoms with Crippen LogP contribution in [0.4, 0.5) is 10.1 Å². The van der Waals surface area contributed by atoms with Crippen LogP contribution in [0.25, 0.3) is 26.9 Å². The Morgan fingerprint density at radius 1 is 1.00 bits per heavy atom. The van der Waals surface area contributed by atoms with Crippen LogP contribution in [0.3, 0.4) is 0 Å². The fourth-order valence-electron chi connectivity index (χ4n) is 2.72. The van der Waals surface area contributed by atoms with Gasteiger partial charge in [-0.15, -0.1) is 11.3 Å². The van der Waals surface area contributed by atoms with Gasteiger partial charge in [-0.2, -0.15) is 0 Å². The second-order valence-electron chi connectivity index (χ2n) is 5.91. The minimum atomic E-state index is -0.335. The number of halogens is 1. The van der Waals surface area contributed by atoms with Gasteiger partial charge in [-0.1, -0.05) is 36.4 Å². The highest BCUT2D eigenvalue weighted by Crippen LogP contribution is 2.34. The summed E-state index contributed by atoms with van der Waals surface area (Å²) in [5, 5.41) is 3.73. The number of hydrogen-bond donors (Lipinski definition) is 1. The minimum Gasteiger partial charge on any atom is -0.322 e. The van der Waals surface area contributed by atoms with Gasteiger partial charge in [0.25, 0.3) is 0 Å². The fourth-order valence-corrected chi connectivity index (χ4v) is 3.73. The lowest BCUT2D eigenvalue weighted by Crippen LogP contribution is -2.08. The van der Waals surface area contributed by atoms with Gasteiger partial charge in [-0.25, -0.2) is 9.37 Å². The molecule has 4 rings (SSSR count). The Hall–Kier alpha value is -3.31. The molecule has 0 aliphatic rings. The highest BCUT2D eigenvalue weighted by atomic mass is 32.1. The monoisotopic (exact) mass is 374 g/mol. The van der Waals surface area contributed by atoms with Gasteiger partial charge in [-0.3, -0.25) is 4.79 Å². The molecule has 5 heteroatoms. The molecule has 3 aromatic carbocycles. The Balaban J connectivity index is 1.58. The van der Waals surface area contributed by atoms with Crippen molar-refractivity contribution in [2.45, 2.75) is 0 Å². The Labute approximate surface area is 159 Å². The van der Waals surface area contributed by atoms with Crippen molar-refractivity contribution in [1.29, 1.82) is 0 Å². The van der Waals surface area contributed by atoms with Crippen LogP contribution in [0.15, 0.2) is 78.9 Å². The predicted octanol–water partition coefficient (Wildman–Crippen LogP) is 5.75. The maximum absolute atomic E-state index is 13.2. The average molecular weight is 374 g/mol. The van der Waals surface area contributed by atoms with Gasteiger partial charge in [0, 0.05) is 11.6 Å². The third kappa shape index (κ3) is 3.93. The first-order chi connectivity index (χ1) is 13.2. The molecule has 0 aliphatic heterocycles. The molecule has 27 heavy (non-hydrogen) atoms. The van der Waals surface area contributed by atoms with E-state index in [9.17, 15) is 9.18 Å². The summed E-state index contributed by atoms with van der Waals surface area (Å²) in [4.78, 5) is 17.0. The molecular weight excluding hydrogens is 359 g/mol. The molecule has 0 bridgehead atoms. The number of carbonyl (C=O) groups excluding carboxylic acids is 1. The molecule has 3 nitrogen and oxygen atoms in total. The third-order valence-corrected chi connectivity index (χ3v) is 5.05. The average Bonchev–Trinajstić information content (AvgIpc) is 3.11. The zero-order valence-corrected chi connectivity index (χ0v) is 15.0. The summed E-state index contributed by atoms with van der Waals surface area (Å²) < 4.78 is 14.3. The first-order valence-corrected chi connectivity index (χ1v) is 9.20. The van der Waals surface area contributed by atoms with Crippen LogP contribution >= 0.6 is 11.3 Å². The van der Waals surface area contributed by atoms with E-state index in [1.165, 1.54) is 18.2 Å². The molecule has 4 aromatic rings. The number of nitrogens with zero attached hydrogens (tertiary/aromatic N) is 1. The van der Waals surface area contributed by atoms with Gasteiger partial charge in [0.05, 0.1) is 15.9 Å². The van der Waals surface area contributed by atoms with Crippen molar-refractivity contribution in [2.75, 3.05) is 5.32 Å². The van der Waals surface area contributed by atoms with E-state index in [1.54, 1.807) is 29.5 Å². The number of thiazole rings is 1. The number of nitrogens with one attached hydrogen (secondary N) is 1. The summed E-state index contributed by atoms with van der Waals surface area (Å²) in [5.74, 6) is -0.619. The van der Waals surface area contributed by atoms with Crippen LogP contribution in [-0.4, -0.2) is 10.9 Å². The Kier molecular flexibility index (Phi) is 4.77. The Morgan fingerprint density at radius 3 is 2.67 bits per heavy atom. The summed E-state index contributed by atoms with van der Waals surface area (Å²) in [6.45, 7) is 0. The molecule has 1 heterocycles. The lowest BCUT2D eigenvalue weighted by molar-refractivity contribution is -0.111. The van der Waals surface area contributed by atoms with Crippen LogP contribution in [-0.2, 0) is 4.79 Å². The highest BCUT2D eigenvalue weighted by Gasteiger charge is 2.11. The smallest absolute Gasteiger partial charge is 0.248 e. The normalized spacial score (nSPS) is 11.1. The van der Waals surface area contributed by atoms with Crippen molar-refractivity contribution < 1.29 is 9.18 Å². The number of anilines is 1. The molecule has 0 radical (unpaired) electrons. The van der Waals surface area contributed by atoms with E-state index in [4.69, 9.17) is 0 Å². The van der Waals surface area contributed by atoms with Gasteiger partial charge < -0.3 is 5.32 Å². The van der Waals surface area contributed by atoms with Crippen molar-refractivity contribution in [1.82, 2.24) is 4.98 Å². The zero-order chi connectivity index (χ0) is 18.6. The SMILES string of the molecule is O=C(/C=C/c1cccc(F)c1)Nc1ccccc1-c1nc2ccccc2s1. The summed E-state index contributed by atoms with van der Waals surface area (Å²) in [6.07, 6.45) is 2.97. The highest BCUT2D eigenvalue weighted by molar-refractivity contribution is 7.21. The lowest BCUT2D eigenvalue weighted by atomic mass is 10.1. The molecule has 1 N–H and O–H groups in total. The van der Waals surface area contributed by atoms with Crippen molar-refractivity contribution in [3.8, 4) is 10.6 Å². The predicted molar refractivity (Wildman–Crippen MR) is 109 cm³/mol. The number of fused-ring (bicyclic) bond motifs is 1. The fraction of sp³-hybridized carbons (Fsp3) is 0. The number of carbonyl (C=O) groups is 1. The van der Waals surface area contributed by atoms with Crippen molar-refractivity contribution in [3.63, 3.8) is 0 Å². The lowest BCUT2D eigenvalue weighted by Gasteiger charge is -2.07. The number of hydrogen-bond acceptors (Lipinski definition) is 3. The summed E-state index contributed by atoms with van der Waals surface area (Å²) in [6, 6.07) is 21.6. The van der Waals surface area contributed by atoms with Crippen molar-refractivity contribution in [2.24, 2.45) is 0 Å². The number of benzene rings is 3. The maximum atomic E-state index is 13.2. The van der Waals surface area contributed by atoms with E-state index in [0.717, 1.165) is 20.8 Å². The summed E-state index contributed by atoms with van der Waals surface area (Å²) in [7, 11) is 0. The van der Waals surface area contributed by atoms with E-state index in [1.807, 2.05) is 48.5 Å². The number of aromatic nitrogens is 1. The maximum Gasteiger partial charge on any atom is 0.248 e. The molecule has 1 aromatic heterocycles. The quantitative estimate of drug-likeness (QED) is 0.462. The van der Waals surface area contributed by atoms with Crippen LogP contribution < -0.4 is 5.32 Å². The van der Waals surface area contributed by atoms with Crippen LogP contribution in [0.2, 0.25) is 0 Å². The number of para-hydroxylation sites is 2. The molecule has 132 valence electrons. The largest absolute Gasteiger partial charge is 0.322 e. The molecule has 0 aliphatic carbocycles. The first kappa shape index (κ1) is 17.1. The molecular formula is C22H15FN2OS. The summed E-state index contributed by atoms with van der Waals surface area (Å²) >= 11 is 1.58. The van der Waals surface area contributed by atoms with E-state index < -0.39 is 0 Å². The molecule has 0 saturated heterocycles. The number of amides is 1. The molecule has 0 unspecified atom stereocenters. The van der Waals surface area contributed by atoms with Crippen LogP contribution in [0.5, 0.6) is 0 Å². The van der Waals surface area contributed by atoms with E-state index in [-0.39, 0.29) is 11.7 Å². The number of rotatable bonds is 4.